The van der Waals surface area contributed by atoms with Gasteiger partial charge in [-0.15, -0.1) is 0 Å². The summed E-state index contributed by atoms with van der Waals surface area (Å²) in [5.74, 6) is 0.932. The summed E-state index contributed by atoms with van der Waals surface area (Å²) in [5.41, 5.74) is 2.64. The normalized spacial score (nSPS) is 14.9. The van der Waals surface area contributed by atoms with Crippen molar-refractivity contribution in [3.05, 3.63) is 47.4 Å². The van der Waals surface area contributed by atoms with Crippen LogP contribution in [0.2, 0.25) is 0 Å². The van der Waals surface area contributed by atoms with Crippen molar-refractivity contribution in [3.8, 4) is 0 Å². The van der Waals surface area contributed by atoms with E-state index in [2.05, 4.69) is 29.9 Å². The minimum absolute atomic E-state index is 0.0226. The molecule has 1 aliphatic heterocycles. The van der Waals surface area contributed by atoms with Crippen molar-refractivity contribution in [3.63, 3.8) is 0 Å². The Morgan fingerprint density at radius 3 is 2.54 bits per heavy atom. The molecule has 5 rings (SSSR count). The molecule has 142 valence electrons. The van der Waals surface area contributed by atoms with Gasteiger partial charge in [-0.1, -0.05) is 0 Å². The van der Waals surface area contributed by atoms with Gasteiger partial charge in [-0.3, -0.25) is 9.48 Å². The van der Waals surface area contributed by atoms with Crippen LogP contribution < -0.4 is 15.4 Å². The average Bonchev–Trinajstić information content (AvgIpc) is 3.12. The monoisotopic (exact) mass is 376 g/mol. The SMILES string of the molecule is Cn1cnc2cc(N3CCN(c4ncnc5c4cnn5C)CC3)ccc2c1=O. The standard InChI is InChI=1S/C19H20N8O/c1-24-12-22-16-9-13(3-4-14(16)19(24)28)26-5-7-27(8-6-26)18-15-10-23-25(2)17(15)20-11-21-18/h3-4,9-12H,5-8H2,1-2H3. The first-order valence-corrected chi connectivity index (χ1v) is 9.20. The molecule has 1 aliphatic rings. The van der Waals surface area contributed by atoms with Crippen molar-refractivity contribution in [1.82, 2.24) is 29.3 Å². The van der Waals surface area contributed by atoms with E-state index in [1.54, 1.807) is 24.4 Å². The van der Waals surface area contributed by atoms with E-state index in [1.807, 2.05) is 31.4 Å². The van der Waals surface area contributed by atoms with Crippen LogP contribution in [0.4, 0.5) is 11.5 Å². The first kappa shape index (κ1) is 16.7. The number of aromatic nitrogens is 6. The smallest absolute Gasteiger partial charge is 0.260 e. The third kappa shape index (κ3) is 2.58. The van der Waals surface area contributed by atoms with Crippen molar-refractivity contribution < 1.29 is 0 Å². The highest BCUT2D eigenvalue weighted by atomic mass is 16.1. The highest BCUT2D eigenvalue weighted by Crippen LogP contribution is 2.25. The molecule has 1 aromatic carbocycles. The van der Waals surface area contributed by atoms with E-state index in [4.69, 9.17) is 0 Å². The molecule has 1 saturated heterocycles. The van der Waals surface area contributed by atoms with Crippen LogP contribution in [0.25, 0.3) is 21.9 Å². The Morgan fingerprint density at radius 2 is 1.71 bits per heavy atom. The van der Waals surface area contributed by atoms with Crippen LogP contribution in [-0.4, -0.2) is 55.5 Å². The third-order valence-electron chi connectivity index (χ3n) is 5.35. The number of hydrogen-bond donors (Lipinski definition) is 0. The molecule has 0 atom stereocenters. The lowest BCUT2D eigenvalue weighted by Gasteiger charge is -2.36. The van der Waals surface area contributed by atoms with Gasteiger partial charge in [-0.2, -0.15) is 5.10 Å². The van der Waals surface area contributed by atoms with Crippen molar-refractivity contribution in [1.29, 1.82) is 0 Å². The maximum Gasteiger partial charge on any atom is 0.260 e. The predicted molar refractivity (Wildman–Crippen MR) is 108 cm³/mol. The van der Waals surface area contributed by atoms with Gasteiger partial charge >= 0.3 is 0 Å². The van der Waals surface area contributed by atoms with Crippen LogP contribution in [0.1, 0.15) is 0 Å². The van der Waals surface area contributed by atoms with Crippen LogP contribution in [0.5, 0.6) is 0 Å². The summed E-state index contributed by atoms with van der Waals surface area (Å²) in [6.07, 6.45) is 4.99. The molecule has 28 heavy (non-hydrogen) atoms. The van der Waals surface area contributed by atoms with Crippen molar-refractivity contribution in [2.45, 2.75) is 0 Å². The molecule has 9 heteroatoms. The zero-order valence-corrected chi connectivity index (χ0v) is 15.8. The molecule has 0 aliphatic carbocycles. The van der Waals surface area contributed by atoms with Gasteiger partial charge < -0.3 is 14.4 Å². The Balaban J connectivity index is 1.39. The average molecular weight is 376 g/mol. The number of nitrogens with zero attached hydrogens (tertiary/aromatic N) is 8. The number of rotatable bonds is 2. The van der Waals surface area contributed by atoms with Gasteiger partial charge in [-0.05, 0) is 18.2 Å². The molecule has 0 amide bonds. The minimum Gasteiger partial charge on any atom is -0.368 e. The number of hydrogen-bond acceptors (Lipinski definition) is 7. The summed E-state index contributed by atoms with van der Waals surface area (Å²) in [4.78, 5) is 30.0. The van der Waals surface area contributed by atoms with Crippen LogP contribution in [0, 0.1) is 0 Å². The van der Waals surface area contributed by atoms with E-state index in [-0.39, 0.29) is 5.56 Å². The van der Waals surface area contributed by atoms with E-state index in [0.29, 0.717) is 5.39 Å². The summed E-state index contributed by atoms with van der Waals surface area (Å²) >= 11 is 0. The molecule has 0 unspecified atom stereocenters. The largest absolute Gasteiger partial charge is 0.368 e. The van der Waals surface area contributed by atoms with Gasteiger partial charge in [0.05, 0.1) is 28.8 Å². The van der Waals surface area contributed by atoms with Crippen LogP contribution in [0.3, 0.4) is 0 Å². The quantitative estimate of drug-likeness (QED) is 0.515. The second kappa shape index (κ2) is 6.29. The Labute approximate surface area is 160 Å². The van der Waals surface area contributed by atoms with Gasteiger partial charge in [-0.25, -0.2) is 15.0 Å². The number of fused-ring (bicyclic) bond motifs is 2. The minimum atomic E-state index is -0.0226. The molecule has 1 fully saturated rings. The molecule has 0 N–H and O–H groups in total. The first-order chi connectivity index (χ1) is 13.6. The molecule has 4 heterocycles. The maximum absolute atomic E-state index is 12.2. The number of benzene rings is 1. The molecule has 3 aromatic heterocycles. The fraction of sp³-hybridized carbons (Fsp3) is 0.316. The molecule has 0 spiro atoms. The Kier molecular flexibility index (Phi) is 3.75. The highest BCUT2D eigenvalue weighted by Gasteiger charge is 2.21. The maximum atomic E-state index is 12.2. The van der Waals surface area contributed by atoms with Crippen molar-refractivity contribution in [2.75, 3.05) is 36.0 Å². The molecule has 0 radical (unpaired) electrons. The molecular formula is C19H20N8O. The molecule has 9 nitrogen and oxygen atoms in total. The van der Waals surface area contributed by atoms with E-state index in [0.717, 1.165) is 54.2 Å². The van der Waals surface area contributed by atoms with E-state index in [1.165, 1.54) is 4.57 Å². The second-order valence-corrected chi connectivity index (χ2v) is 7.04. The van der Waals surface area contributed by atoms with Gasteiger partial charge in [0.2, 0.25) is 0 Å². The summed E-state index contributed by atoms with van der Waals surface area (Å²) in [6, 6.07) is 5.87. The number of piperazine rings is 1. The highest BCUT2D eigenvalue weighted by molar-refractivity contribution is 5.87. The summed E-state index contributed by atoms with van der Waals surface area (Å²) < 4.78 is 3.27. The van der Waals surface area contributed by atoms with E-state index in [9.17, 15) is 4.79 Å². The second-order valence-electron chi connectivity index (χ2n) is 7.04. The van der Waals surface area contributed by atoms with E-state index < -0.39 is 0 Å². The van der Waals surface area contributed by atoms with Crippen molar-refractivity contribution >= 4 is 33.4 Å². The van der Waals surface area contributed by atoms with Gasteiger partial charge in [0, 0.05) is 46.0 Å². The topological polar surface area (TPSA) is 85.0 Å². The number of aryl methyl sites for hydroxylation is 2. The van der Waals surface area contributed by atoms with Crippen LogP contribution >= 0.6 is 0 Å². The third-order valence-corrected chi connectivity index (χ3v) is 5.35. The lowest BCUT2D eigenvalue weighted by molar-refractivity contribution is 0.649. The van der Waals surface area contributed by atoms with E-state index >= 15 is 0 Å². The number of anilines is 2. The summed E-state index contributed by atoms with van der Waals surface area (Å²) in [7, 11) is 3.60. The molecule has 4 aromatic rings. The Morgan fingerprint density at radius 1 is 0.929 bits per heavy atom. The fourth-order valence-corrected chi connectivity index (χ4v) is 3.77. The van der Waals surface area contributed by atoms with Crippen LogP contribution in [0.15, 0.2) is 41.8 Å². The van der Waals surface area contributed by atoms with Gasteiger partial charge in [0.15, 0.2) is 5.65 Å². The Bertz CT molecular complexity index is 1240. The lowest BCUT2D eigenvalue weighted by Crippen LogP contribution is -2.46. The van der Waals surface area contributed by atoms with Crippen LogP contribution in [-0.2, 0) is 14.1 Å². The summed E-state index contributed by atoms with van der Waals surface area (Å²) in [6.45, 7) is 3.43. The molecule has 0 saturated carbocycles. The lowest BCUT2D eigenvalue weighted by atomic mass is 10.2. The van der Waals surface area contributed by atoms with Gasteiger partial charge in [0.25, 0.3) is 5.56 Å². The zero-order valence-electron chi connectivity index (χ0n) is 15.8. The fourth-order valence-electron chi connectivity index (χ4n) is 3.77. The Hall–Kier alpha value is -3.49. The van der Waals surface area contributed by atoms with Gasteiger partial charge in [0.1, 0.15) is 12.1 Å². The molecular weight excluding hydrogens is 356 g/mol. The first-order valence-electron chi connectivity index (χ1n) is 9.20. The molecule has 0 bridgehead atoms. The predicted octanol–water partition coefficient (Wildman–Crippen LogP) is 0.937. The summed E-state index contributed by atoms with van der Waals surface area (Å²) in [5, 5.41) is 5.92. The zero-order chi connectivity index (χ0) is 19.3. The van der Waals surface area contributed by atoms with Crippen molar-refractivity contribution in [2.24, 2.45) is 14.1 Å².